The van der Waals surface area contributed by atoms with Crippen LogP contribution in [-0.4, -0.2) is 114 Å². The fraction of sp³-hybridized carbons (Fsp3) is 0.683. The lowest BCUT2D eigenvalue weighted by atomic mass is 9.96. The number of carboxylic acid groups (broad SMARTS) is 1. The highest BCUT2D eigenvalue weighted by Gasteiger charge is 2.35. The van der Waals surface area contributed by atoms with E-state index in [4.69, 9.17) is 11.5 Å². The molecule has 8 atom stereocenters. The predicted molar refractivity (Wildman–Crippen MR) is 223 cm³/mol. The SMILES string of the molecule is CC[C@H](C)[C@H](NC(=O)[C@H](CCCC[NH3+])NC(=O)[C@H](CO)NC(=O)[C@H](CC(C)C)NC(=O)[C@@H](NC(=O)[C@@H](N)CCCCN)C(C)C)C(=O)N[C@@H](Cc1ccccc1)C(=O)O. The fourth-order valence-electron chi connectivity index (χ4n) is 6.20. The summed E-state index contributed by atoms with van der Waals surface area (Å²) in [5, 5.41) is 35.9. The summed E-state index contributed by atoms with van der Waals surface area (Å²) < 4.78 is 0. The van der Waals surface area contributed by atoms with E-state index < -0.39 is 96.2 Å². The first kappa shape index (κ1) is 52.4. The molecule has 0 unspecified atom stereocenters. The second kappa shape index (κ2) is 27.9. The second-order valence-corrected chi connectivity index (χ2v) is 15.9. The van der Waals surface area contributed by atoms with E-state index >= 15 is 0 Å². The van der Waals surface area contributed by atoms with Crippen LogP contribution < -0.4 is 49.1 Å². The van der Waals surface area contributed by atoms with E-state index in [1.807, 2.05) is 20.8 Å². The second-order valence-electron chi connectivity index (χ2n) is 15.9. The third kappa shape index (κ3) is 19.3. The number of aliphatic carboxylic acids is 1. The van der Waals surface area contributed by atoms with Crippen LogP contribution in [0.3, 0.4) is 0 Å². The lowest BCUT2D eigenvalue weighted by molar-refractivity contribution is -0.368. The van der Waals surface area contributed by atoms with Crippen molar-refractivity contribution in [1.29, 1.82) is 0 Å². The van der Waals surface area contributed by atoms with Crippen LogP contribution in [0.1, 0.15) is 98.5 Å². The smallest absolute Gasteiger partial charge is 0.326 e. The van der Waals surface area contributed by atoms with Gasteiger partial charge in [0.25, 0.3) is 0 Å². The molecule has 18 heteroatoms. The number of carbonyl (C=O) groups excluding carboxylic acids is 6. The molecule has 0 aromatic heterocycles. The molecule has 0 radical (unpaired) electrons. The Hall–Kier alpha value is -4.65. The van der Waals surface area contributed by atoms with Gasteiger partial charge in [0.2, 0.25) is 35.4 Å². The van der Waals surface area contributed by atoms with E-state index in [1.54, 1.807) is 51.1 Å². The summed E-state index contributed by atoms with van der Waals surface area (Å²) in [4.78, 5) is 93.2. The number of rotatable bonds is 29. The third-order valence-corrected chi connectivity index (χ3v) is 10.0. The molecular weight excluding hydrogens is 763 g/mol. The maximum Gasteiger partial charge on any atom is 0.326 e. The molecule has 1 rings (SSSR count). The number of carbonyl (C=O) groups is 7. The normalized spacial score (nSPS) is 15.4. The van der Waals surface area contributed by atoms with E-state index in [-0.39, 0.29) is 31.1 Å². The highest BCUT2D eigenvalue weighted by Crippen LogP contribution is 2.13. The Labute approximate surface area is 348 Å². The van der Waals surface area contributed by atoms with Gasteiger partial charge in [0.15, 0.2) is 0 Å². The molecule has 0 saturated heterocycles. The molecule has 0 heterocycles. The molecule has 0 aliphatic carbocycles. The molecule has 334 valence electrons. The number of aliphatic hydroxyl groups is 1. The molecule has 0 aliphatic heterocycles. The van der Waals surface area contributed by atoms with Crippen molar-refractivity contribution in [3.8, 4) is 0 Å². The number of nitrogens with one attached hydrogen (secondary N) is 6. The standard InChI is InChI=1S/C41H71N9O9/c1-7-26(6)34(40(57)47-31(41(58)59)22-27-15-9-8-10-16-27)50-36(53)29(18-12-14-20-43)45-38(55)32(23-51)48-37(54)30(21-24(2)3)46-39(56)33(25(4)5)49-35(52)28(44)17-11-13-19-42/h8-10,15-16,24-26,28-34,51H,7,11-14,17-23,42-44H2,1-6H3,(H,45,55)(H,46,56)(H,47,57)(H,48,54)(H,49,52)(H,50,53)(H,58,59)/p+1/t26-,28-,29-,30-,31-,32-,33-,34-/m0/s1. The van der Waals surface area contributed by atoms with Crippen LogP contribution in [0.4, 0.5) is 0 Å². The molecule has 59 heavy (non-hydrogen) atoms. The largest absolute Gasteiger partial charge is 0.480 e. The topological polar surface area (TPSA) is 312 Å². The Morgan fingerprint density at radius 2 is 1.19 bits per heavy atom. The van der Waals surface area contributed by atoms with Gasteiger partial charge in [0, 0.05) is 6.42 Å². The molecule has 0 spiro atoms. The first-order valence-corrected chi connectivity index (χ1v) is 20.8. The summed E-state index contributed by atoms with van der Waals surface area (Å²) in [7, 11) is 0. The van der Waals surface area contributed by atoms with Crippen LogP contribution in [0.25, 0.3) is 0 Å². The van der Waals surface area contributed by atoms with Crippen molar-refractivity contribution in [3.63, 3.8) is 0 Å². The van der Waals surface area contributed by atoms with Crippen LogP contribution in [0.15, 0.2) is 30.3 Å². The van der Waals surface area contributed by atoms with Gasteiger partial charge in [-0.05, 0) is 68.4 Å². The van der Waals surface area contributed by atoms with Gasteiger partial charge in [-0.25, -0.2) is 4.79 Å². The summed E-state index contributed by atoms with van der Waals surface area (Å²) in [6.07, 6.45) is 3.55. The zero-order valence-corrected chi connectivity index (χ0v) is 35.8. The molecule has 0 fully saturated rings. The lowest BCUT2D eigenvalue weighted by Crippen LogP contribution is -2.61. The van der Waals surface area contributed by atoms with E-state index in [9.17, 15) is 43.8 Å². The molecule has 1 aromatic carbocycles. The highest BCUT2D eigenvalue weighted by molar-refractivity contribution is 5.97. The fourth-order valence-corrected chi connectivity index (χ4v) is 6.20. The van der Waals surface area contributed by atoms with Gasteiger partial charge in [-0.1, -0.05) is 84.7 Å². The molecular formula is C41H72N9O9+. The zero-order valence-electron chi connectivity index (χ0n) is 35.8. The van der Waals surface area contributed by atoms with Gasteiger partial charge in [-0.15, -0.1) is 0 Å². The average Bonchev–Trinajstić information content (AvgIpc) is 3.19. The molecule has 6 amide bonds. The van der Waals surface area contributed by atoms with Crippen molar-refractivity contribution in [2.75, 3.05) is 19.7 Å². The zero-order chi connectivity index (χ0) is 44.7. The van der Waals surface area contributed by atoms with Crippen LogP contribution in [-0.2, 0) is 40.0 Å². The number of benzene rings is 1. The van der Waals surface area contributed by atoms with Gasteiger partial charge < -0.3 is 59.3 Å². The van der Waals surface area contributed by atoms with Crippen LogP contribution >= 0.6 is 0 Å². The Bertz CT molecular complexity index is 1480. The van der Waals surface area contributed by atoms with Crippen LogP contribution in [0.5, 0.6) is 0 Å². The summed E-state index contributed by atoms with van der Waals surface area (Å²) in [6.45, 7) is 10.8. The molecule has 0 bridgehead atoms. The number of amides is 6. The Balaban J connectivity index is 3.20. The first-order valence-electron chi connectivity index (χ1n) is 20.8. The molecule has 0 aliphatic rings. The average molecular weight is 835 g/mol. The van der Waals surface area contributed by atoms with E-state index in [0.29, 0.717) is 57.2 Å². The number of unbranched alkanes of at least 4 members (excludes halogenated alkanes) is 2. The summed E-state index contributed by atoms with van der Waals surface area (Å²) in [5.74, 6) is -6.39. The predicted octanol–water partition coefficient (Wildman–Crippen LogP) is -1.17. The minimum absolute atomic E-state index is 0.0162. The van der Waals surface area contributed by atoms with E-state index in [2.05, 4.69) is 37.6 Å². The number of hydrogen-bond acceptors (Lipinski definition) is 10. The number of quaternary nitrogens is 1. The maximum atomic E-state index is 13.8. The van der Waals surface area contributed by atoms with Crippen molar-refractivity contribution in [1.82, 2.24) is 31.9 Å². The Morgan fingerprint density at radius 3 is 1.73 bits per heavy atom. The quantitative estimate of drug-likeness (QED) is 0.0428. The van der Waals surface area contributed by atoms with E-state index in [1.165, 1.54) is 0 Å². The van der Waals surface area contributed by atoms with Crippen molar-refractivity contribution in [3.05, 3.63) is 35.9 Å². The van der Waals surface area contributed by atoms with Crippen molar-refractivity contribution in [2.45, 2.75) is 142 Å². The van der Waals surface area contributed by atoms with Crippen LogP contribution in [0, 0.1) is 17.8 Å². The van der Waals surface area contributed by atoms with Gasteiger partial charge in [-0.3, -0.25) is 28.8 Å². The number of nitrogens with two attached hydrogens (primary N) is 2. The summed E-state index contributed by atoms with van der Waals surface area (Å²) in [6, 6.07) is 0.569. The van der Waals surface area contributed by atoms with Gasteiger partial charge in [0.05, 0.1) is 19.2 Å². The number of aliphatic hydroxyl groups excluding tert-OH is 1. The highest BCUT2D eigenvalue weighted by atomic mass is 16.4. The van der Waals surface area contributed by atoms with Crippen molar-refractivity contribution < 1.29 is 49.5 Å². The summed E-state index contributed by atoms with van der Waals surface area (Å²) >= 11 is 0. The molecule has 1 aromatic rings. The first-order chi connectivity index (χ1) is 27.9. The minimum Gasteiger partial charge on any atom is -0.480 e. The summed E-state index contributed by atoms with van der Waals surface area (Å²) in [5.41, 5.74) is 16.1. The Morgan fingerprint density at radius 1 is 0.661 bits per heavy atom. The molecule has 15 N–H and O–H groups in total. The number of carboxylic acids is 1. The number of hydrogen-bond donors (Lipinski definition) is 11. The van der Waals surface area contributed by atoms with Gasteiger partial charge in [-0.2, -0.15) is 0 Å². The van der Waals surface area contributed by atoms with Crippen LogP contribution in [0.2, 0.25) is 0 Å². The maximum absolute atomic E-state index is 13.8. The Kier molecular flexibility index (Phi) is 24.8. The lowest BCUT2D eigenvalue weighted by Gasteiger charge is -2.29. The van der Waals surface area contributed by atoms with Gasteiger partial charge in [0.1, 0.15) is 36.3 Å². The van der Waals surface area contributed by atoms with Crippen molar-refractivity contribution in [2.24, 2.45) is 29.2 Å². The van der Waals surface area contributed by atoms with Crippen molar-refractivity contribution >= 4 is 41.4 Å². The minimum atomic E-state index is -1.53. The third-order valence-electron chi connectivity index (χ3n) is 10.0. The van der Waals surface area contributed by atoms with Gasteiger partial charge >= 0.3 is 5.97 Å². The monoisotopic (exact) mass is 835 g/mol. The van der Waals surface area contributed by atoms with E-state index in [0.717, 1.165) is 0 Å². The molecule has 0 saturated carbocycles. The molecule has 18 nitrogen and oxygen atoms in total.